The van der Waals surface area contributed by atoms with Crippen molar-refractivity contribution in [3.63, 3.8) is 0 Å². The molecular weight excluding hydrogens is 281 g/mol. The number of rotatable bonds is 3. The second kappa shape index (κ2) is 5.87. The van der Waals surface area contributed by atoms with Crippen molar-refractivity contribution >= 4 is 11.6 Å². The van der Waals surface area contributed by atoms with Crippen molar-refractivity contribution in [3.8, 4) is 0 Å². The normalized spacial score (nSPS) is 11.0. The van der Waals surface area contributed by atoms with Gasteiger partial charge in [-0.3, -0.25) is 15.2 Å². The number of benzene rings is 2. The van der Waals surface area contributed by atoms with Crippen LogP contribution in [-0.2, 0) is 6.18 Å². The number of carbonyl (C=O) groups is 1. The van der Waals surface area contributed by atoms with Gasteiger partial charge < -0.3 is 0 Å². The monoisotopic (exact) mass is 294 g/mol. The Morgan fingerprint density at radius 1 is 1.00 bits per heavy atom. The van der Waals surface area contributed by atoms with E-state index in [9.17, 15) is 18.0 Å². The van der Waals surface area contributed by atoms with Crippen LogP contribution < -0.4 is 5.43 Å². The summed E-state index contributed by atoms with van der Waals surface area (Å²) in [4.78, 5) is 12.2. The van der Waals surface area contributed by atoms with Gasteiger partial charge in [-0.05, 0) is 24.3 Å². The molecule has 0 spiro atoms. The van der Waals surface area contributed by atoms with Crippen LogP contribution in [0, 0.1) is 0 Å². The second-order valence-electron chi connectivity index (χ2n) is 4.39. The predicted molar refractivity (Wildman–Crippen MR) is 73.6 cm³/mol. The summed E-state index contributed by atoms with van der Waals surface area (Å²) in [6.07, 6.45) is -4.57. The zero-order chi connectivity index (χ0) is 15.5. The van der Waals surface area contributed by atoms with Crippen molar-refractivity contribution in [2.45, 2.75) is 6.18 Å². The number of hydrazine groups is 1. The molecule has 0 aliphatic heterocycles. The topological polar surface area (TPSA) is 32.3 Å². The Bertz CT molecular complexity index is 626. The number of nitrogens with one attached hydrogen (secondary N) is 1. The van der Waals surface area contributed by atoms with Crippen molar-refractivity contribution in [3.05, 3.63) is 65.7 Å². The SMILES string of the molecule is CN(Nc1ccccc1)C(=O)c1ccccc1C(F)(F)F. The average Bonchev–Trinajstić information content (AvgIpc) is 2.46. The summed E-state index contributed by atoms with van der Waals surface area (Å²) >= 11 is 0. The lowest BCUT2D eigenvalue weighted by Crippen LogP contribution is -2.33. The molecule has 0 radical (unpaired) electrons. The van der Waals surface area contributed by atoms with Crippen LogP contribution in [0.25, 0.3) is 0 Å². The molecule has 0 fully saturated rings. The number of hydrogen-bond acceptors (Lipinski definition) is 2. The molecule has 0 bridgehead atoms. The van der Waals surface area contributed by atoms with E-state index in [0.29, 0.717) is 5.69 Å². The van der Waals surface area contributed by atoms with Gasteiger partial charge in [0.15, 0.2) is 0 Å². The van der Waals surface area contributed by atoms with Crippen LogP contribution in [0.15, 0.2) is 54.6 Å². The first kappa shape index (κ1) is 14.9. The molecule has 3 nitrogen and oxygen atoms in total. The number of para-hydroxylation sites is 1. The fraction of sp³-hybridized carbons (Fsp3) is 0.133. The maximum atomic E-state index is 12.9. The van der Waals surface area contributed by atoms with Crippen molar-refractivity contribution in [1.82, 2.24) is 5.01 Å². The number of halogens is 3. The maximum Gasteiger partial charge on any atom is 0.417 e. The largest absolute Gasteiger partial charge is 0.417 e. The second-order valence-corrected chi connectivity index (χ2v) is 4.39. The zero-order valence-corrected chi connectivity index (χ0v) is 11.2. The first-order valence-electron chi connectivity index (χ1n) is 6.15. The van der Waals surface area contributed by atoms with E-state index < -0.39 is 23.2 Å². The molecule has 0 aliphatic rings. The third-order valence-corrected chi connectivity index (χ3v) is 2.84. The Morgan fingerprint density at radius 3 is 2.19 bits per heavy atom. The number of carbonyl (C=O) groups excluding carboxylic acids is 1. The van der Waals surface area contributed by atoms with E-state index in [1.54, 1.807) is 30.3 Å². The van der Waals surface area contributed by atoms with Crippen molar-refractivity contribution in [2.24, 2.45) is 0 Å². The zero-order valence-electron chi connectivity index (χ0n) is 11.2. The van der Waals surface area contributed by atoms with Gasteiger partial charge in [0.05, 0.1) is 16.8 Å². The molecule has 0 atom stereocenters. The van der Waals surface area contributed by atoms with Crippen LogP contribution in [-0.4, -0.2) is 18.0 Å². The van der Waals surface area contributed by atoms with Crippen LogP contribution in [0.4, 0.5) is 18.9 Å². The number of hydrogen-bond donors (Lipinski definition) is 1. The Hall–Kier alpha value is -2.50. The number of anilines is 1. The predicted octanol–water partition coefficient (Wildman–Crippen LogP) is 3.80. The highest BCUT2D eigenvalue weighted by atomic mass is 19.4. The lowest BCUT2D eigenvalue weighted by atomic mass is 10.1. The lowest BCUT2D eigenvalue weighted by molar-refractivity contribution is -0.138. The minimum Gasteiger partial charge on any atom is -0.296 e. The summed E-state index contributed by atoms with van der Waals surface area (Å²) in [6, 6.07) is 13.4. The fourth-order valence-electron chi connectivity index (χ4n) is 1.85. The smallest absolute Gasteiger partial charge is 0.296 e. The van der Waals surface area contributed by atoms with Gasteiger partial charge in [0.25, 0.3) is 5.91 Å². The van der Waals surface area contributed by atoms with Crippen LogP contribution in [0.3, 0.4) is 0 Å². The standard InChI is InChI=1S/C15H13F3N2O/c1-20(19-11-7-3-2-4-8-11)14(21)12-9-5-6-10-13(12)15(16,17)18/h2-10,19H,1H3. The van der Waals surface area contributed by atoms with Crippen LogP contribution in [0.1, 0.15) is 15.9 Å². The fourth-order valence-corrected chi connectivity index (χ4v) is 1.85. The van der Waals surface area contributed by atoms with Crippen LogP contribution in [0.5, 0.6) is 0 Å². The highest BCUT2D eigenvalue weighted by Gasteiger charge is 2.35. The third-order valence-electron chi connectivity index (χ3n) is 2.84. The van der Waals surface area contributed by atoms with E-state index in [0.717, 1.165) is 17.1 Å². The molecular formula is C15H13F3N2O. The molecule has 0 saturated carbocycles. The van der Waals surface area contributed by atoms with Gasteiger partial charge in [-0.1, -0.05) is 30.3 Å². The summed E-state index contributed by atoms with van der Waals surface area (Å²) in [7, 11) is 1.38. The van der Waals surface area contributed by atoms with Gasteiger partial charge in [-0.25, -0.2) is 0 Å². The molecule has 0 aromatic heterocycles. The summed E-state index contributed by atoms with van der Waals surface area (Å²) in [6.45, 7) is 0. The first-order valence-corrected chi connectivity index (χ1v) is 6.15. The van der Waals surface area contributed by atoms with E-state index in [-0.39, 0.29) is 0 Å². The summed E-state index contributed by atoms with van der Waals surface area (Å²) in [5, 5.41) is 1.03. The maximum absolute atomic E-state index is 12.9. The van der Waals surface area contributed by atoms with E-state index in [1.165, 1.54) is 19.2 Å². The molecule has 0 heterocycles. The Morgan fingerprint density at radius 2 is 1.57 bits per heavy atom. The van der Waals surface area contributed by atoms with Gasteiger partial charge in [0.1, 0.15) is 0 Å². The summed E-state index contributed by atoms with van der Waals surface area (Å²) in [5.74, 6) is -0.758. The summed E-state index contributed by atoms with van der Waals surface area (Å²) in [5.41, 5.74) is 2.00. The van der Waals surface area contributed by atoms with E-state index in [1.807, 2.05) is 0 Å². The molecule has 2 aromatic rings. The molecule has 21 heavy (non-hydrogen) atoms. The third kappa shape index (κ3) is 3.53. The van der Waals surface area contributed by atoms with E-state index in [4.69, 9.17) is 0 Å². The van der Waals surface area contributed by atoms with Gasteiger partial charge >= 0.3 is 6.18 Å². The molecule has 0 saturated heterocycles. The Balaban J connectivity index is 2.24. The van der Waals surface area contributed by atoms with Crippen molar-refractivity contribution in [1.29, 1.82) is 0 Å². The Kier molecular flexibility index (Phi) is 4.16. The van der Waals surface area contributed by atoms with Crippen LogP contribution in [0.2, 0.25) is 0 Å². The van der Waals surface area contributed by atoms with Crippen molar-refractivity contribution < 1.29 is 18.0 Å². The van der Waals surface area contributed by atoms with Crippen LogP contribution >= 0.6 is 0 Å². The number of nitrogens with zero attached hydrogens (tertiary/aromatic N) is 1. The molecule has 0 aliphatic carbocycles. The van der Waals surface area contributed by atoms with Gasteiger partial charge in [0.2, 0.25) is 0 Å². The van der Waals surface area contributed by atoms with E-state index >= 15 is 0 Å². The molecule has 6 heteroatoms. The molecule has 1 N–H and O–H groups in total. The Labute approximate surface area is 120 Å². The van der Waals surface area contributed by atoms with Gasteiger partial charge in [-0.15, -0.1) is 0 Å². The highest BCUT2D eigenvalue weighted by molar-refractivity contribution is 5.96. The van der Waals surface area contributed by atoms with Gasteiger partial charge in [-0.2, -0.15) is 13.2 Å². The molecule has 2 aromatic carbocycles. The molecule has 110 valence electrons. The van der Waals surface area contributed by atoms with Gasteiger partial charge in [0, 0.05) is 7.05 Å². The lowest BCUT2D eigenvalue weighted by Gasteiger charge is -2.21. The molecule has 0 unspecified atom stereocenters. The molecule has 1 amide bonds. The minimum absolute atomic E-state index is 0.393. The minimum atomic E-state index is -4.57. The quantitative estimate of drug-likeness (QED) is 0.873. The average molecular weight is 294 g/mol. The highest BCUT2D eigenvalue weighted by Crippen LogP contribution is 2.32. The van der Waals surface area contributed by atoms with Crippen molar-refractivity contribution in [2.75, 3.05) is 12.5 Å². The molecule has 2 rings (SSSR count). The van der Waals surface area contributed by atoms with E-state index in [2.05, 4.69) is 5.43 Å². The summed E-state index contributed by atoms with van der Waals surface area (Å²) < 4.78 is 38.7. The first-order chi connectivity index (χ1) is 9.89. The number of alkyl halides is 3. The number of amides is 1.